The Bertz CT molecular complexity index is 380. The van der Waals surface area contributed by atoms with E-state index in [4.69, 9.17) is 11.6 Å². The molecule has 0 aliphatic heterocycles. The molecular formula is C8H13F3N6. The van der Waals surface area contributed by atoms with Gasteiger partial charge in [-0.3, -0.25) is 0 Å². The van der Waals surface area contributed by atoms with Gasteiger partial charge in [0.1, 0.15) is 11.6 Å². The monoisotopic (exact) mass is 250 g/mol. The molecule has 0 saturated carbocycles. The average Bonchev–Trinajstić information content (AvgIpc) is 2.23. The minimum atomic E-state index is -4.21. The van der Waals surface area contributed by atoms with Gasteiger partial charge in [-0.2, -0.15) is 23.1 Å². The number of nitrogens with one attached hydrogen (secondary N) is 1. The summed E-state index contributed by atoms with van der Waals surface area (Å²) < 4.78 is 36.1. The molecule has 0 fully saturated rings. The predicted octanol–water partition coefficient (Wildman–Crippen LogP) is 0.733. The van der Waals surface area contributed by atoms with Gasteiger partial charge in [0.05, 0.1) is 6.42 Å². The van der Waals surface area contributed by atoms with Gasteiger partial charge in [-0.05, 0) is 0 Å². The number of nitrogen functional groups attached to an aromatic ring is 2. The second kappa shape index (κ2) is 5.04. The summed E-state index contributed by atoms with van der Waals surface area (Å²) in [5, 5.41) is 0. The lowest BCUT2D eigenvalue weighted by atomic mass is 10.3. The lowest BCUT2D eigenvalue weighted by Crippen LogP contribution is -2.25. The third-order valence-corrected chi connectivity index (χ3v) is 2.00. The second-order valence-electron chi connectivity index (χ2n) is 3.40. The topological polar surface area (TPSA) is 93.1 Å². The summed E-state index contributed by atoms with van der Waals surface area (Å²) in [5.74, 6) is 5.59. The number of halogens is 3. The smallest absolute Gasteiger partial charge is 0.368 e. The first-order valence-corrected chi connectivity index (χ1v) is 4.71. The molecule has 9 heteroatoms. The number of hydrogen-bond acceptors (Lipinski definition) is 6. The Kier molecular flexibility index (Phi) is 3.94. The second-order valence-corrected chi connectivity index (χ2v) is 3.40. The van der Waals surface area contributed by atoms with Crippen molar-refractivity contribution in [1.82, 2.24) is 9.97 Å². The third-order valence-electron chi connectivity index (χ3n) is 2.00. The summed E-state index contributed by atoms with van der Waals surface area (Å²) in [5.41, 5.74) is 7.64. The number of alkyl halides is 3. The van der Waals surface area contributed by atoms with E-state index in [1.54, 1.807) is 0 Å². The molecule has 0 radical (unpaired) electrons. The van der Waals surface area contributed by atoms with Crippen LogP contribution in [-0.2, 0) is 0 Å². The van der Waals surface area contributed by atoms with E-state index in [1.165, 1.54) is 18.0 Å². The molecule has 0 aliphatic rings. The maximum atomic E-state index is 12.0. The lowest BCUT2D eigenvalue weighted by molar-refractivity contribution is -0.132. The van der Waals surface area contributed by atoms with Gasteiger partial charge in [0.25, 0.3) is 0 Å². The number of rotatable bonds is 4. The number of nitrogens with two attached hydrogens (primary N) is 2. The van der Waals surface area contributed by atoms with Crippen LogP contribution < -0.4 is 21.9 Å². The molecule has 1 aromatic heterocycles. The largest absolute Gasteiger partial charge is 0.390 e. The van der Waals surface area contributed by atoms with Gasteiger partial charge in [-0.25, -0.2) is 5.84 Å². The lowest BCUT2D eigenvalue weighted by Gasteiger charge is -2.19. The van der Waals surface area contributed by atoms with Crippen LogP contribution in [0.3, 0.4) is 0 Å². The molecule has 0 aliphatic carbocycles. The molecule has 5 N–H and O–H groups in total. The fourth-order valence-electron chi connectivity index (χ4n) is 1.13. The molecule has 0 saturated heterocycles. The van der Waals surface area contributed by atoms with Crippen LogP contribution in [0.1, 0.15) is 6.42 Å². The zero-order chi connectivity index (χ0) is 13.1. The van der Waals surface area contributed by atoms with Crippen LogP contribution in [-0.4, -0.2) is 29.7 Å². The van der Waals surface area contributed by atoms with Crippen molar-refractivity contribution in [3.8, 4) is 0 Å². The van der Waals surface area contributed by atoms with E-state index in [-0.39, 0.29) is 24.1 Å². The first-order chi connectivity index (χ1) is 7.81. The Labute approximate surface area is 95.8 Å². The molecule has 1 heterocycles. The highest BCUT2D eigenvalue weighted by Gasteiger charge is 2.27. The maximum absolute atomic E-state index is 12.0. The van der Waals surface area contributed by atoms with Crippen molar-refractivity contribution in [2.75, 3.05) is 29.7 Å². The number of nitrogens with zero attached hydrogens (tertiary/aromatic N) is 3. The Morgan fingerprint density at radius 3 is 2.59 bits per heavy atom. The first-order valence-electron chi connectivity index (χ1n) is 4.71. The van der Waals surface area contributed by atoms with Crippen LogP contribution >= 0.6 is 0 Å². The number of hydrazine groups is 1. The summed E-state index contributed by atoms with van der Waals surface area (Å²) in [7, 11) is 1.48. The Morgan fingerprint density at radius 2 is 2.06 bits per heavy atom. The van der Waals surface area contributed by atoms with E-state index in [1.807, 2.05) is 0 Å². The molecule has 0 amide bonds. The van der Waals surface area contributed by atoms with Gasteiger partial charge in [0.15, 0.2) is 0 Å². The molecule has 0 spiro atoms. The fourth-order valence-corrected chi connectivity index (χ4v) is 1.13. The van der Waals surface area contributed by atoms with Crippen molar-refractivity contribution in [3.63, 3.8) is 0 Å². The van der Waals surface area contributed by atoms with Gasteiger partial charge in [0, 0.05) is 19.7 Å². The van der Waals surface area contributed by atoms with Crippen LogP contribution in [0.5, 0.6) is 0 Å². The number of hydrogen-bond donors (Lipinski definition) is 3. The maximum Gasteiger partial charge on any atom is 0.390 e. The minimum absolute atomic E-state index is 0.0608. The molecule has 1 rings (SSSR count). The van der Waals surface area contributed by atoms with Crippen LogP contribution in [0.25, 0.3) is 0 Å². The molecule has 96 valence electrons. The van der Waals surface area contributed by atoms with Gasteiger partial charge in [0.2, 0.25) is 5.95 Å². The van der Waals surface area contributed by atoms with E-state index < -0.39 is 12.6 Å². The van der Waals surface area contributed by atoms with E-state index in [0.29, 0.717) is 0 Å². The number of anilines is 3. The highest BCUT2D eigenvalue weighted by Crippen LogP contribution is 2.22. The van der Waals surface area contributed by atoms with E-state index in [9.17, 15) is 13.2 Å². The Balaban J connectivity index is 2.74. The van der Waals surface area contributed by atoms with E-state index in [0.717, 1.165) is 0 Å². The number of aromatic nitrogens is 2. The van der Waals surface area contributed by atoms with Crippen LogP contribution in [0.2, 0.25) is 0 Å². The average molecular weight is 250 g/mol. The molecule has 17 heavy (non-hydrogen) atoms. The van der Waals surface area contributed by atoms with Gasteiger partial charge in [-0.15, -0.1) is 0 Å². The normalized spacial score (nSPS) is 11.4. The van der Waals surface area contributed by atoms with Crippen molar-refractivity contribution in [1.29, 1.82) is 0 Å². The minimum Gasteiger partial charge on any atom is -0.368 e. The van der Waals surface area contributed by atoms with E-state index >= 15 is 0 Å². The summed E-state index contributed by atoms with van der Waals surface area (Å²) in [4.78, 5) is 8.86. The Hall–Kier alpha value is -1.77. The van der Waals surface area contributed by atoms with Gasteiger partial charge in [-0.1, -0.05) is 0 Å². The molecule has 0 unspecified atom stereocenters. The highest BCUT2D eigenvalue weighted by atomic mass is 19.4. The Morgan fingerprint density at radius 1 is 1.41 bits per heavy atom. The molecule has 0 bridgehead atoms. The van der Waals surface area contributed by atoms with Crippen molar-refractivity contribution >= 4 is 17.6 Å². The van der Waals surface area contributed by atoms with Crippen molar-refractivity contribution < 1.29 is 13.2 Å². The summed E-state index contributed by atoms with van der Waals surface area (Å²) in [6.07, 6.45) is -5.14. The zero-order valence-corrected chi connectivity index (χ0v) is 9.12. The van der Waals surface area contributed by atoms with Crippen LogP contribution in [0, 0.1) is 0 Å². The van der Waals surface area contributed by atoms with Crippen molar-refractivity contribution in [2.24, 2.45) is 5.84 Å². The standard InChI is InChI=1S/C8H13F3N6/c1-17(3-2-8(9,10)11)6-4-5(16-13)14-7(12)15-6/h4H,2-3,13H2,1H3,(H3,12,14,15,16). The van der Waals surface area contributed by atoms with Gasteiger partial charge < -0.3 is 16.1 Å². The third kappa shape index (κ3) is 4.31. The molecule has 0 atom stereocenters. The summed E-state index contributed by atoms with van der Waals surface area (Å²) in [6.45, 7) is -0.218. The summed E-state index contributed by atoms with van der Waals surface area (Å²) >= 11 is 0. The van der Waals surface area contributed by atoms with Crippen LogP contribution in [0.4, 0.5) is 30.8 Å². The van der Waals surface area contributed by atoms with Crippen LogP contribution in [0.15, 0.2) is 6.07 Å². The SMILES string of the molecule is CN(CCC(F)(F)F)c1cc(NN)nc(N)n1. The predicted molar refractivity (Wildman–Crippen MR) is 58.2 cm³/mol. The van der Waals surface area contributed by atoms with Crippen molar-refractivity contribution in [2.45, 2.75) is 12.6 Å². The highest BCUT2D eigenvalue weighted by molar-refractivity contribution is 5.51. The molecule has 1 aromatic rings. The molecular weight excluding hydrogens is 237 g/mol. The fraction of sp³-hybridized carbons (Fsp3) is 0.500. The molecule has 6 nitrogen and oxygen atoms in total. The van der Waals surface area contributed by atoms with Gasteiger partial charge >= 0.3 is 6.18 Å². The first kappa shape index (κ1) is 13.3. The van der Waals surface area contributed by atoms with E-state index in [2.05, 4.69) is 15.4 Å². The zero-order valence-electron chi connectivity index (χ0n) is 9.12. The molecule has 0 aromatic carbocycles. The van der Waals surface area contributed by atoms with Crippen molar-refractivity contribution in [3.05, 3.63) is 6.07 Å². The quantitative estimate of drug-likeness (QED) is 0.539. The summed E-state index contributed by atoms with van der Waals surface area (Å²) in [6, 6.07) is 1.41.